The number of nitrogens with zero attached hydrogens (tertiary/aromatic N) is 4. The summed E-state index contributed by atoms with van der Waals surface area (Å²) in [5, 5.41) is 18.9. The van der Waals surface area contributed by atoms with E-state index in [1.54, 1.807) is 61.7 Å². The van der Waals surface area contributed by atoms with Crippen molar-refractivity contribution in [3.05, 3.63) is 81.8 Å². The first-order chi connectivity index (χ1) is 14.0. The fourth-order valence-electron chi connectivity index (χ4n) is 2.60. The average Bonchev–Trinajstić information content (AvgIpc) is 3.07. The molecule has 0 fully saturated rings. The highest BCUT2D eigenvalue weighted by Gasteiger charge is 2.24. The number of aliphatic imine (C=N–C) groups is 1. The molecule has 1 aromatic heterocycles. The van der Waals surface area contributed by atoms with Gasteiger partial charge in [0.2, 0.25) is 5.78 Å². The lowest BCUT2D eigenvalue weighted by atomic mass is 10.1. The van der Waals surface area contributed by atoms with E-state index in [2.05, 4.69) is 15.3 Å². The van der Waals surface area contributed by atoms with Gasteiger partial charge in [0.05, 0.1) is 13.3 Å². The number of carbonyl (C=O) groups excluding carboxylic acids is 1. The molecule has 0 aliphatic heterocycles. The fourth-order valence-corrected chi connectivity index (χ4v) is 2.60. The summed E-state index contributed by atoms with van der Waals surface area (Å²) in [5.74, 6) is -0.326. The first-order valence-electron chi connectivity index (χ1n) is 8.69. The van der Waals surface area contributed by atoms with Crippen LogP contribution in [0.5, 0.6) is 5.75 Å². The first kappa shape index (κ1) is 19.7. The Labute approximate surface area is 166 Å². The summed E-state index contributed by atoms with van der Waals surface area (Å²) in [7, 11) is 2.84. The third-order valence-electron chi connectivity index (χ3n) is 4.12. The molecular weight excluding hydrogens is 374 g/mol. The highest BCUT2D eigenvalue weighted by molar-refractivity contribution is 5.95. The van der Waals surface area contributed by atoms with Crippen molar-refractivity contribution in [3.63, 3.8) is 0 Å². The van der Waals surface area contributed by atoms with Gasteiger partial charge in [-0.15, -0.1) is 4.68 Å². The molecule has 9 nitrogen and oxygen atoms in total. The number of aromatic nitrogens is 3. The van der Waals surface area contributed by atoms with Crippen molar-refractivity contribution < 1.29 is 19.3 Å². The standard InChI is InChI=1S/C20H19N5O4/c1-21-19(27)18-20(28)25(22-12-14-8-10-16(29-2)11-9-14)23-24(18)13-17(26)15-6-4-3-5-7-15/h3-12H,13H2,1-2H3,(H-,21,23,27,28). The number of hydrogen-bond acceptors (Lipinski definition) is 6. The van der Waals surface area contributed by atoms with E-state index in [0.717, 1.165) is 9.47 Å². The second kappa shape index (κ2) is 8.79. The number of methoxy groups -OCH3 is 1. The summed E-state index contributed by atoms with van der Waals surface area (Å²) in [6.45, 7) is -0.235. The van der Waals surface area contributed by atoms with Crippen molar-refractivity contribution in [1.82, 2.24) is 10.0 Å². The number of carbonyl (C=O) groups is 1. The maximum absolute atomic E-state index is 12.6. The van der Waals surface area contributed by atoms with Crippen LogP contribution in [0.3, 0.4) is 0 Å². The van der Waals surface area contributed by atoms with Crippen LogP contribution >= 0.6 is 0 Å². The molecule has 0 saturated heterocycles. The minimum atomic E-state index is -0.745. The molecule has 0 unspecified atom stereocenters. The molecule has 0 spiro atoms. The summed E-state index contributed by atoms with van der Waals surface area (Å²) >= 11 is 0. The Kier molecular flexibility index (Phi) is 5.98. The summed E-state index contributed by atoms with van der Waals surface area (Å²) < 4.78 is 6.24. The topological polar surface area (TPSA) is 116 Å². The molecule has 0 aliphatic carbocycles. The average molecular weight is 393 g/mol. The Morgan fingerprint density at radius 1 is 1.21 bits per heavy atom. The zero-order valence-corrected chi connectivity index (χ0v) is 15.9. The van der Waals surface area contributed by atoms with Crippen molar-refractivity contribution in [3.8, 4) is 5.75 Å². The Hall–Kier alpha value is -4.01. The lowest BCUT2D eigenvalue weighted by Gasteiger charge is -2.05. The van der Waals surface area contributed by atoms with Crippen LogP contribution in [0.15, 0.2) is 69.5 Å². The molecule has 1 heterocycles. The zero-order valence-electron chi connectivity index (χ0n) is 15.9. The van der Waals surface area contributed by atoms with Gasteiger partial charge in [-0.1, -0.05) is 40.6 Å². The number of hydrogen-bond donors (Lipinski definition) is 1. The molecule has 0 bridgehead atoms. The van der Waals surface area contributed by atoms with Gasteiger partial charge in [0.15, 0.2) is 6.54 Å². The normalized spacial score (nSPS) is 11.7. The number of nitrogens with one attached hydrogen (secondary N) is 1. The van der Waals surface area contributed by atoms with Crippen LogP contribution in [0.25, 0.3) is 0 Å². The fraction of sp³-hybridized carbons (Fsp3) is 0.150. The number of rotatable bonds is 7. The van der Waals surface area contributed by atoms with E-state index in [-0.39, 0.29) is 18.0 Å². The SMILES string of the molecule is CN=C([O-])c1c(=O)n(N=Cc2ccc(OC)cc2)[nH][n+]1CC(=O)c1ccccc1. The number of Topliss-reactive ketones (excluding diaryl/α,β-unsaturated/α-hetero) is 1. The highest BCUT2D eigenvalue weighted by atomic mass is 16.5. The van der Waals surface area contributed by atoms with E-state index in [0.29, 0.717) is 16.9 Å². The van der Waals surface area contributed by atoms with E-state index in [4.69, 9.17) is 4.74 Å². The number of ether oxygens (including phenoxy) is 1. The van der Waals surface area contributed by atoms with Crippen molar-refractivity contribution >= 4 is 17.9 Å². The third-order valence-corrected chi connectivity index (χ3v) is 4.12. The van der Waals surface area contributed by atoms with E-state index >= 15 is 0 Å². The molecule has 0 aliphatic rings. The lowest BCUT2D eigenvalue weighted by Crippen LogP contribution is -2.48. The molecule has 2 aromatic carbocycles. The van der Waals surface area contributed by atoms with E-state index < -0.39 is 11.5 Å². The smallest absolute Gasteiger partial charge is 0.427 e. The Bertz CT molecular complexity index is 1110. The maximum Gasteiger partial charge on any atom is 0.427 e. The van der Waals surface area contributed by atoms with Gasteiger partial charge in [-0.25, -0.2) is 4.79 Å². The second-order valence-corrected chi connectivity index (χ2v) is 5.99. The molecular formula is C20H19N5O4. The van der Waals surface area contributed by atoms with Gasteiger partial charge in [-0.2, -0.15) is 0 Å². The largest absolute Gasteiger partial charge is 0.856 e. The molecule has 0 radical (unpaired) electrons. The number of ketones is 1. The van der Waals surface area contributed by atoms with Crippen molar-refractivity contribution in [2.45, 2.75) is 6.54 Å². The molecule has 3 aromatic rings. The van der Waals surface area contributed by atoms with Crippen molar-refractivity contribution in [2.24, 2.45) is 10.1 Å². The molecule has 0 amide bonds. The first-order valence-corrected chi connectivity index (χ1v) is 8.69. The Morgan fingerprint density at radius 2 is 1.90 bits per heavy atom. The summed E-state index contributed by atoms with van der Waals surface area (Å²) in [6, 6.07) is 15.6. The molecule has 0 atom stereocenters. The highest BCUT2D eigenvalue weighted by Crippen LogP contribution is 2.09. The summed E-state index contributed by atoms with van der Waals surface area (Å²) in [4.78, 5) is 29.5. The quantitative estimate of drug-likeness (QED) is 0.263. The van der Waals surface area contributed by atoms with Crippen LogP contribution in [-0.4, -0.2) is 42.1 Å². The Morgan fingerprint density at radius 3 is 2.52 bits per heavy atom. The summed E-state index contributed by atoms with van der Waals surface area (Å²) in [5.41, 5.74) is 0.198. The Balaban J connectivity index is 1.93. The predicted octanol–water partition coefficient (Wildman–Crippen LogP) is -0.0257. The van der Waals surface area contributed by atoms with Crippen molar-refractivity contribution in [1.29, 1.82) is 0 Å². The summed E-state index contributed by atoms with van der Waals surface area (Å²) in [6.07, 6.45) is 1.44. The maximum atomic E-state index is 12.6. The number of H-pyrrole nitrogens is 1. The third kappa shape index (κ3) is 4.46. The second-order valence-electron chi connectivity index (χ2n) is 5.99. The number of aromatic amines is 1. The minimum absolute atomic E-state index is 0.235. The van der Waals surface area contributed by atoms with Gasteiger partial charge in [0, 0.05) is 23.3 Å². The van der Waals surface area contributed by atoms with Gasteiger partial charge in [0.1, 0.15) is 5.75 Å². The minimum Gasteiger partial charge on any atom is -0.856 e. The monoisotopic (exact) mass is 393 g/mol. The van der Waals surface area contributed by atoms with E-state index in [1.807, 2.05) is 0 Å². The van der Waals surface area contributed by atoms with Crippen LogP contribution in [0.2, 0.25) is 0 Å². The van der Waals surface area contributed by atoms with Gasteiger partial charge >= 0.3 is 5.56 Å². The van der Waals surface area contributed by atoms with Gasteiger partial charge in [-0.3, -0.25) is 9.79 Å². The van der Waals surface area contributed by atoms with Crippen molar-refractivity contribution in [2.75, 3.05) is 14.2 Å². The predicted molar refractivity (Wildman–Crippen MR) is 104 cm³/mol. The van der Waals surface area contributed by atoms with Crippen LogP contribution in [0, 0.1) is 0 Å². The molecule has 29 heavy (non-hydrogen) atoms. The van der Waals surface area contributed by atoms with Crippen LogP contribution in [0.1, 0.15) is 21.6 Å². The molecule has 9 heteroatoms. The number of benzene rings is 2. The van der Waals surface area contributed by atoms with E-state index in [9.17, 15) is 14.7 Å². The molecule has 148 valence electrons. The zero-order chi connectivity index (χ0) is 20.8. The van der Waals surface area contributed by atoms with Crippen LogP contribution in [0.4, 0.5) is 0 Å². The van der Waals surface area contributed by atoms with Gasteiger partial charge in [0.25, 0.3) is 5.69 Å². The molecule has 3 rings (SSSR count). The van der Waals surface area contributed by atoms with Gasteiger partial charge < -0.3 is 9.84 Å². The van der Waals surface area contributed by atoms with Crippen LogP contribution in [-0.2, 0) is 6.54 Å². The van der Waals surface area contributed by atoms with E-state index in [1.165, 1.54) is 13.3 Å². The van der Waals surface area contributed by atoms with Crippen LogP contribution < -0.4 is 20.1 Å². The lowest BCUT2D eigenvalue weighted by molar-refractivity contribution is -0.745. The molecule has 1 N–H and O–H groups in total. The molecule has 0 saturated carbocycles. The van der Waals surface area contributed by atoms with Gasteiger partial charge in [-0.05, 0) is 29.8 Å².